The molecule has 0 aromatic rings. The topological polar surface area (TPSA) is 256 Å². The summed E-state index contributed by atoms with van der Waals surface area (Å²) < 4.78 is 52.4. The van der Waals surface area contributed by atoms with Crippen LogP contribution in [0.4, 0.5) is 0 Å². The summed E-state index contributed by atoms with van der Waals surface area (Å²) in [7, 11) is -14.5. The number of hydrogen-bond acceptors (Lipinski definition) is 11. The van der Waals surface area contributed by atoms with Crippen LogP contribution in [0.1, 0.15) is 0 Å². The summed E-state index contributed by atoms with van der Waals surface area (Å²) in [6, 6.07) is 0. The Morgan fingerprint density at radius 1 is 1.06 bits per heavy atom. The molecule has 7 unspecified atom stereocenters. The van der Waals surface area contributed by atoms with E-state index in [-0.39, 0.29) is 5.76 Å². The fraction of sp³-hybridized carbons (Fsp3) is 0.667. The van der Waals surface area contributed by atoms with E-state index >= 15 is 0 Å². The van der Waals surface area contributed by atoms with Gasteiger partial charge in [0, 0.05) is 0 Å². The Morgan fingerprint density at radius 2 is 1.68 bits per heavy atom. The molecule has 0 spiro atoms. The van der Waals surface area contributed by atoms with Gasteiger partial charge in [-0.25, -0.2) is 8.88 Å². The van der Waals surface area contributed by atoms with Gasteiger partial charge < -0.3 is 43.8 Å². The summed E-state index contributed by atoms with van der Waals surface area (Å²) in [5.74, 6) is -4.92. The normalized spacial score (nSPS) is 33.3. The molecule has 2 amide bonds. The van der Waals surface area contributed by atoms with Crippen molar-refractivity contribution in [3.05, 3.63) is 11.8 Å². The lowest BCUT2D eigenvalue weighted by Gasteiger charge is -2.25. The second kappa shape index (κ2) is 9.48. The lowest BCUT2D eigenvalue weighted by atomic mass is 9.92. The first kappa shape index (κ1) is 26.3. The Bertz CT molecular complexity index is 898. The SMILES string of the molecule is COC1=CC(C2OC(COP(=O)(O)CP(=O)(O)OP(=O)(O)O)C(O)C2O)C(=O)NC1=O. The highest BCUT2D eigenvalue weighted by atomic mass is 31.3. The van der Waals surface area contributed by atoms with Crippen LogP contribution in [-0.2, 0) is 41.6 Å². The number of rotatable bonds is 9. The van der Waals surface area contributed by atoms with E-state index in [4.69, 9.17) is 19.3 Å². The van der Waals surface area contributed by atoms with Crippen molar-refractivity contribution in [2.75, 3.05) is 19.6 Å². The zero-order valence-electron chi connectivity index (χ0n) is 15.6. The van der Waals surface area contributed by atoms with E-state index in [0.29, 0.717) is 0 Å². The quantitative estimate of drug-likeness (QED) is 0.127. The van der Waals surface area contributed by atoms with Gasteiger partial charge in [0.25, 0.3) is 5.91 Å². The van der Waals surface area contributed by atoms with Crippen LogP contribution in [-0.4, -0.2) is 85.6 Å². The fourth-order valence-electron chi connectivity index (χ4n) is 2.84. The summed E-state index contributed by atoms with van der Waals surface area (Å²) in [6.45, 7) is -0.924. The van der Waals surface area contributed by atoms with E-state index in [0.717, 1.165) is 13.2 Å². The summed E-state index contributed by atoms with van der Waals surface area (Å²) in [5.41, 5.74) is 0. The van der Waals surface area contributed by atoms with Gasteiger partial charge in [0.1, 0.15) is 24.4 Å². The van der Waals surface area contributed by atoms with Crippen LogP contribution < -0.4 is 5.32 Å². The van der Waals surface area contributed by atoms with Gasteiger partial charge in [0.2, 0.25) is 5.91 Å². The molecule has 16 nitrogen and oxygen atoms in total. The van der Waals surface area contributed by atoms with E-state index in [1.54, 1.807) is 0 Å². The molecule has 7 N–H and O–H groups in total. The minimum Gasteiger partial charge on any atom is -0.491 e. The first-order valence-corrected chi connectivity index (χ1v) is 13.3. The maximum absolute atomic E-state index is 12.0. The van der Waals surface area contributed by atoms with Crippen molar-refractivity contribution >= 4 is 34.8 Å². The third kappa shape index (κ3) is 6.99. The number of ether oxygens (including phenoxy) is 2. The summed E-state index contributed by atoms with van der Waals surface area (Å²) in [5, 5.41) is 22.2. The van der Waals surface area contributed by atoms with Crippen molar-refractivity contribution in [1.29, 1.82) is 0 Å². The van der Waals surface area contributed by atoms with Crippen LogP contribution in [0.3, 0.4) is 0 Å². The standard InChI is InChI=1S/C12H20NO15P3/c1-25-6-2-5(11(16)13-12(6)17)10-9(15)8(14)7(27-10)3-26-29(18,19)4-30(20,21)28-31(22,23)24/h2,5,7-10,14-15H,3-4H2,1H3,(H,18,19)(H,20,21)(H,13,16,17)(H2,22,23,24). The first-order valence-electron chi connectivity index (χ1n) is 8.23. The van der Waals surface area contributed by atoms with Gasteiger partial charge in [0.05, 0.1) is 19.6 Å². The molecular weight excluding hydrogens is 491 g/mol. The number of phosphoric acid groups is 1. The zero-order chi connectivity index (χ0) is 23.8. The van der Waals surface area contributed by atoms with Crippen molar-refractivity contribution in [2.24, 2.45) is 5.92 Å². The number of hydrogen-bond donors (Lipinski definition) is 7. The Kier molecular flexibility index (Phi) is 8.03. The van der Waals surface area contributed by atoms with E-state index in [9.17, 15) is 43.3 Å². The van der Waals surface area contributed by atoms with E-state index in [2.05, 4.69) is 8.83 Å². The summed E-state index contributed by atoms with van der Waals surface area (Å²) in [6.07, 6.45) is -5.29. The van der Waals surface area contributed by atoms with E-state index in [1.807, 2.05) is 5.32 Å². The molecule has 2 heterocycles. The highest BCUT2D eigenvalue weighted by molar-refractivity contribution is 7.74. The van der Waals surface area contributed by atoms with Gasteiger partial charge in [-0.3, -0.25) is 24.0 Å². The van der Waals surface area contributed by atoms with Gasteiger partial charge in [-0.2, -0.15) is 0 Å². The monoisotopic (exact) mass is 511 g/mol. The Balaban J connectivity index is 2.05. The Morgan fingerprint density at radius 3 is 2.23 bits per heavy atom. The first-order chi connectivity index (χ1) is 14.1. The molecule has 0 radical (unpaired) electrons. The second-order valence-electron chi connectivity index (χ2n) is 6.48. The van der Waals surface area contributed by atoms with Crippen molar-refractivity contribution in [3.8, 4) is 0 Å². The number of imide groups is 1. The molecule has 19 heteroatoms. The highest BCUT2D eigenvalue weighted by Crippen LogP contribution is 2.64. The molecule has 178 valence electrons. The number of aliphatic hydroxyl groups is 2. The second-order valence-corrected chi connectivity index (χ2v) is 12.1. The van der Waals surface area contributed by atoms with Gasteiger partial charge in [0.15, 0.2) is 11.7 Å². The largest absolute Gasteiger partial charge is 0.491 e. The zero-order valence-corrected chi connectivity index (χ0v) is 18.3. The number of methoxy groups -OCH3 is 1. The number of nitrogens with one attached hydrogen (secondary N) is 1. The lowest BCUT2D eigenvalue weighted by Crippen LogP contribution is -2.48. The van der Waals surface area contributed by atoms with Crippen LogP contribution in [0.25, 0.3) is 0 Å². The number of aliphatic hydroxyl groups excluding tert-OH is 2. The van der Waals surface area contributed by atoms with Crippen LogP contribution in [0, 0.1) is 5.92 Å². The van der Waals surface area contributed by atoms with Crippen LogP contribution in [0.15, 0.2) is 11.8 Å². The third-order valence-electron chi connectivity index (χ3n) is 4.10. The maximum Gasteiger partial charge on any atom is 0.476 e. The van der Waals surface area contributed by atoms with Gasteiger partial charge in [-0.15, -0.1) is 0 Å². The third-order valence-corrected chi connectivity index (χ3v) is 9.38. The van der Waals surface area contributed by atoms with Crippen molar-refractivity contribution < 1.29 is 71.4 Å². The lowest BCUT2D eigenvalue weighted by molar-refractivity contribution is -0.137. The minimum absolute atomic E-state index is 0.252. The van der Waals surface area contributed by atoms with Crippen LogP contribution in [0.5, 0.6) is 0 Å². The molecule has 7 atom stereocenters. The van der Waals surface area contributed by atoms with Crippen LogP contribution >= 0.6 is 23.0 Å². The molecule has 1 saturated heterocycles. The van der Waals surface area contributed by atoms with Crippen molar-refractivity contribution in [2.45, 2.75) is 24.4 Å². The number of carbonyl (C=O) groups excluding carboxylic acids is 2. The highest BCUT2D eigenvalue weighted by Gasteiger charge is 2.50. The molecule has 0 saturated carbocycles. The minimum atomic E-state index is -5.45. The maximum atomic E-state index is 12.0. The molecule has 0 aromatic carbocycles. The van der Waals surface area contributed by atoms with Gasteiger partial charge in [-0.1, -0.05) is 0 Å². The predicted octanol–water partition coefficient (Wildman–Crippen LogP) is -2.27. The molecule has 0 aromatic heterocycles. The summed E-state index contributed by atoms with van der Waals surface area (Å²) >= 11 is 0. The Labute approximate surface area is 174 Å². The van der Waals surface area contributed by atoms with Gasteiger partial charge in [-0.05, 0) is 6.08 Å². The summed E-state index contributed by atoms with van der Waals surface area (Å²) in [4.78, 5) is 59.6. The van der Waals surface area contributed by atoms with Crippen molar-refractivity contribution in [3.63, 3.8) is 0 Å². The average molecular weight is 511 g/mol. The molecule has 2 aliphatic heterocycles. The van der Waals surface area contributed by atoms with Gasteiger partial charge >= 0.3 is 23.0 Å². The molecule has 2 aliphatic rings. The smallest absolute Gasteiger partial charge is 0.476 e. The van der Waals surface area contributed by atoms with Crippen LogP contribution in [0.2, 0.25) is 0 Å². The molecule has 2 rings (SSSR count). The molecule has 1 fully saturated rings. The molecule has 31 heavy (non-hydrogen) atoms. The fourth-order valence-corrected chi connectivity index (χ4v) is 7.35. The predicted molar refractivity (Wildman–Crippen MR) is 96.0 cm³/mol. The Hall–Kier alpha value is -0.990. The molecular formula is C12H20NO15P3. The van der Waals surface area contributed by atoms with E-state index < -0.39 is 77.7 Å². The number of amides is 2. The van der Waals surface area contributed by atoms with Crippen molar-refractivity contribution in [1.82, 2.24) is 5.32 Å². The van der Waals surface area contributed by atoms with E-state index in [1.165, 1.54) is 0 Å². The average Bonchev–Trinajstić information content (AvgIpc) is 2.85. The molecule has 0 aliphatic carbocycles. The molecule has 0 bridgehead atoms. The number of carbonyl (C=O) groups is 2.